The van der Waals surface area contributed by atoms with Crippen molar-refractivity contribution < 1.29 is 17.9 Å². The summed E-state index contributed by atoms with van der Waals surface area (Å²) in [5.41, 5.74) is 2.80. The van der Waals surface area contributed by atoms with E-state index >= 15 is 0 Å². The molecule has 0 N–H and O–H groups in total. The first-order valence-corrected chi connectivity index (χ1v) is 16.3. The van der Waals surface area contributed by atoms with Crippen LogP contribution in [-0.2, 0) is 15.6 Å². The number of aryl methyl sites for hydroxylation is 2. The highest BCUT2D eigenvalue weighted by atomic mass is 32.2. The van der Waals surface area contributed by atoms with E-state index in [1.165, 1.54) is 9.87 Å². The molecule has 2 aliphatic heterocycles. The van der Waals surface area contributed by atoms with Gasteiger partial charge in [-0.1, -0.05) is 30.3 Å². The number of likely N-dealkylation sites (tertiary alicyclic amines) is 1. The molecule has 2 aromatic carbocycles. The van der Waals surface area contributed by atoms with Crippen LogP contribution in [0.5, 0.6) is 11.6 Å². The summed E-state index contributed by atoms with van der Waals surface area (Å²) in [6.45, 7) is 7.90. The van der Waals surface area contributed by atoms with Gasteiger partial charge in [-0.25, -0.2) is 13.4 Å². The summed E-state index contributed by atoms with van der Waals surface area (Å²) in [4.78, 5) is 16.4. The third-order valence-electron chi connectivity index (χ3n) is 8.93. The highest BCUT2D eigenvalue weighted by Gasteiger charge is 2.40. The number of hydrogen-bond acceptors (Lipinski definition) is 9. The van der Waals surface area contributed by atoms with Crippen molar-refractivity contribution >= 4 is 16.0 Å². The second kappa shape index (κ2) is 12.8. The Labute approximate surface area is 256 Å². The number of piperidine rings is 1. The number of anilines is 1. The molecule has 3 heterocycles. The van der Waals surface area contributed by atoms with Crippen LogP contribution in [-0.4, -0.2) is 106 Å². The summed E-state index contributed by atoms with van der Waals surface area (Å²) in [6.07, 6.45) is 3.59. The Morgan fingerprint density at radius 3 is 2.26 bits per heavy atom. The minimum atomic E-state index is -3.63. The summed E-state index contributed by atoms with van der Waals surface area (Å²) in [5, 5.41) is 0. The number of hydrogen-bond donors (Lipinski definition) is 0. The second-order valence-corrected chi connectivity index (χ2v) is 13.8. The van der Waals surface area contributed by atoms with Crippen molar-refractivity contribution in [2.75, 3.05) is 72.4 Å². The Morgan fingerprint density at radius 2 is 1.65 bits per heavy atom. The van der Waals surface area contributed by atoms with Gasteiger partial charge in [-0.2, -0.15) is 9.29 Å². The molecule has 232 valence electrons. The number of benzene rings is 2. The van der Waals surface area contributed by atoms with Gasteiger partial charge in [0.25, 0.3) is 0 Å². The molecular formula is C32H44N6O4S. The molecule has 11 heteroatoms. The van der Waals surface area contributed by atoms with Gasteiger partial charge in [0.05, 0.1) is 25.1 Å². The molecule has 0 aliphatic carbocycles. The van der Waals surface area contributed by atoms with Crippen molar-refractivity contribution in [3.05, 3.63) is 71.4 Å². The van der Waals surface area contributed by atoms with Crippen LogP contribution in [0.15, 0.2) is 59.6 Å². The first-order valence-electron chi connectivity index (χ1n) is 14.8. The summed E-state index contributed by atoms with van der Waals surface area (Å²) in [6, 6.07) is 16.1. The number of sulfonamides is 1. The predicted octanol–water partition coefficient (Wildman–Crippen LogP) is 3.54. The Hall–Kier alpha value is -3.25. The lowest BCUT2D eigenvalue weighted by molar-refractivity contribution is 0.0550. The van der Waals surface area contributed by atoms with Crippen molar-refractivity contribution in [2.24, 2.45) is 0 Å². The molecule has 0 unspecified atom stereocenters. The lowest BCUT2D eigenvalue weighted by Crippen LogP contribution is -2.56. The van der Waals surface area contributed by atoms with E-state index in [2.05, 4.69) is 64.2 Å². The fraction of sp³-hybridized carbons (Fsp3) is 0.500. The Morgan fingerprint density at radius 1 is 1.00 bits per heavy atom. The largest absolute Gasteiger partial charge is 0.497 e. The first kappa shape index (κ1) is 31.2. The van der Waals surface area contributed by atoms with Gasteiger partial charge in [-0.05, 0) is 69.6 Å². The minimum absolute atomic E-state index is 0.0706. The predicted molar refractivity (Wildman–Crippen MR) is 168 cm³/mol. The number of methoxy groups -OCH3 is 1. The maximum absolute atomic E-state index is 13.3. The summed E-state index contributed by atoms with van der Waals surface area (Å²) in [7, 11) is 4.31. The van der Waals surface area contributed by atoms with E-state index in [1.807, 2.05) is 11.9 Å². The number of rotatable bonds is 11. The van der Waals surface area contributed by atoms with Gasteiger partial charge in [-0.3, -0.25) is 4.90 Å². The molecule has 2 saturated heterocycles. The van der Waals surface area contributed by atoms with E-state index in [0.717, 1.165) is 39.0 Å². The van der Waals surface area contributed by atoms with Gasteiger partial charge in [0.2, 0.25) is 21.9 Å². The zero-order valence-electron chi connectivity index (χ0n) is 26.2. The third kappa shape index (κ3) is 6.50. The topological polar surface area (TPSA) is 91.3 Å². The molecule has 3 aromatic rings. The molecular weight excluding hydrogens is 564 g/mol. The maximum atomic E-state index is 13.3. The van der Waals surface area contributed by atoms with Crippen LogP contribution in [0, 0.1) is 13.8 Å². The van der Waals surface area contributed by atoms with Gasteiger partial charge in [0.1, 0.15) is 11.9 Å². The maximum Gasteiger partial charge on any atom is 0.243 e. The molecule has 0 bridgehead atoms. The monoisotopic (exact) mass is 608 g/mol. The Bertz CT molecular complexity index is 1480. The molecule has 1 aromatic heterocycles. The lowest BCUT2D eigenvalue weighted by Gasteiger charge is -2.47. The van der Waals surface area contributed by atoms with Crippen LogP contribution in [0.3, 0.4) is 0 Å². The van der Waals surface area contributed by atoms with E-state index in [0.29, 0.717) is 33.6 Å². The van der Waals surface area contributed by atoms with Crippen molar-refractivity contribution in [3.63, 3.8) is 0 Å². The number of aromatic nitrogens is 2. The summed E-state index contributed by atoms with van der Waals surface area (Å²) >= 11 is 0. The molecule has 2 aliphatic rings. The fourth-order valence-electron chi connectivity index (χ4n) is 6.27. The van der Waals surface area contributed by atoms with Crippen LogP contribution >= 0.6 is 0 Å². The lowest BCUT2D eigenvalue weighted by atomic mass is 9.80. The van der Waals surface area contributed by atoms with Crippen molar-refractivity contribution in [1.82, 2.24) is 24.1 Å². The van der Waals surface area contributed by atoms with E-state index < -0.39 is 10.0 Å². The van der Waals surface area contributed by atoms with E-state index in [1.54, 1.807) is 45.4 Å². The summed E-state index contributed by atoms with van der Waals surface area (Å²) in [5.74, 6) is 1.69. The standard InChI is InChI=1S/C32H44N6O4S/c1-24-20-27(41-6)21-25(2)30(24)43(39,40)38-22-28(23-38)42-29-12-15-33-31(34-29)36(5)18-19-37-16-13-32(14-17-37,35(3)4)26-10-8-7-9-11-26/h7-12,15,20-21,28H,13-14,16-19,22-23H2,1-6H3. The highest BCUT2D eigenvalue weighted by molar-refractivity contribution is 7.89. The van der Waals surface area contributed by atoms with Gasteiger partial charge >= 0.3 is 0 Å². The molecule has 0 radical (unpaired) electrons. The third-order valence-corrected chi connectivity index (χ3v) is 11.1. The molecule has 0 amide bonds. The number of ether oxygens (including phenoxy) is 2. The van der Waals surface area contributed by atoms with Crippen LogP contribution in [0.1, 0.15) is 29.5 Å². The minimum Gasteiger partial charge on any atom is -0.497 e. The van der Waals surface area contributed by atoms with Crippen LogP contribution < -0.4 is 14.4 Å². The molecule has 43 heavy (non-hydrogen) atoms. The van der Waals surface area contributed by atoms with Crippen LogP contribution in [0.25, 0.3) is 0 Å². The molecule has 0 saturated carbocycles. The average Bonchev–Trinajstić information content (AvgIpc) is 2.97. The zero-order chi connectivity index (χ0) is 30.8. The average molecular weight is 609 g/mol. The van der Waals surface area contributed by atoms with E-state index in [9.17, 15) is 8.42 Å². The quantitative estimate of drug-likeness (QED) is 0.324. The Kier molecular flexibility index (Phi) is 9.26. The van der Waals surface area contributed by atoms with E-state index in [-0.39, 0.29) is 24.7 Å². The van der Waals surface area contributed by atoms with E-state index in [4.69, 9.17) is 9.47 Å². The molecule has 10 nitrogen and oxygen atoms in total. The fourth-order valence-corrected chi connectivity index (χ4v) is 8.18. The van der Waals surface area contributed by atoms with Crippen molar-refractivity contribution in [3.8, 4) is 11.6 Å². The number of nitrogens with zero attached hydrogens (tertiary/aromatic N) is 6. The molecule has 5 rings (SSSR count). The summed E-state index contributed by atoms with van der Waals surface area (Å²) < 4.78 is 39.5. The SMILES string of the molecule is COc1cc(C)c(S(=O)(=O)N2CC(Oc3ccnc(N(C)CCN4CCC(c5ccccc5)(N(C)C)CC4)n3)C2)c(C)c1. The second-order valence-electron chi connectivity index (χ2n) is 11.9. The highest BCUT2D eigenvalue weighted by Crippen LogP contribution is 2.37. The van der Waals surface area contributed by atoms with Crippen LogP contribution in [0.4, 0.5) is 5.95 Å². The van der Waals surface area contributed by atoms with Gasteiger partial charge in [0, 0.05) is 51.0 Å². The van der Waals surface area contributed by atoms with Gasteiger partial charge in [-0.15, -0.1) is 0 Å². The van der Waals surface area contributed by atoms with Gasteiger partial charge < -0.3 is 19.3 Å². The van der Waals surface area contributed by atoms with Crippen LogP contribution in [0.2, 0.25) is 0 Å². The normalized spacial score (nSPS) is 17.9. The molecule has 2 fully saturated rings. The smallest absolute Gasteiger partial charge is 0.243 e. The van der Waals surface area contributed by atoms with Gasteiger partial charge in [0.15, 0.2) is 0 Å². The zero-order valence-corrected chi connectivity index (χ0v) is 27.0. The molecule has 0 spiro atoms. The van der Waals surface area contributed by atoms with Crippen molar-refractivity contribution in [2.45, 2.75) is 43.2 Å². The van der Waals surface area contributed by atoms with Crippen molar-refractivity contribution in [1.29, 1.82) is 0 Å². The first-order chi connectivity index (χ1) is 20.5. The Balaban J connectivity index is 1.13. The molecule has 0 atom stereocenters. The number of likely N-dealkylation sites (N-methyl/N-ethyl adjacent to an activating group) is 1.